The van der Waals surface area contributed by atoms with Crippen LogP contribution in [0.1, 0.15) is 18.9 Å². The molecule has 3 nitrogen and oxygen atoms in total. The van der Waals surface area contributed by atoms with E-state index in [1.54, 1.807) is 24.3 Å². The van der Waals surface area contributed by atoms with Crippen LogP contribution in [0.5, 0.6) is 0 Å². The maximum absolute atomic E-state index is 11.4. The van der Waals surface area contributed by atoms with E-state index >= 15 is 0 Å². The second-order valence-electron chi connectivity index (χ2n) is 3.84. The number of hydrogen-bond acceptors (Lipinski definition) is 2. The number of halogens is 2. The molecule has 1 amide bonds. The van der Waals surface area contributed by atoms with Gasteiger partial charge in [0.05, 0.1) is 6.10 Å². The Bertz CT molecular complexity index is 426. The number of rotatable bonds is 5. The minimum Gasteiger partial charge on any atom is -0.391 e. The first-order chi connectivity index (χ1) is 8.51. The summed E-state index contributed by atoms with van der Waals surface area (Å²) in [6.07, 6.45) is 3.09. The molecule has 0 saturated heterocycles. The Kier molecular flexibility index (Phi) is 6.19. The van der Waals surface area contributed by atoms with Crippen LogP contribution in [0.2, 0.25) is 10.0 Å². The molecule has 2 N–H and O–H groups in total. The van der Waals surface area contributed by atoms with Crippen LogP contribution in [0.15, 0.2) is 24.3 Å². The molecule has 0 saturated carbocycles. The van der Waals surface area contributed by atoms with Crippen molar-refractivity contribution in [3.8, 4) is 0 Å². The first-order valence-corrected chi connectivity index (χ1v) is 6.37. The van der Waals surface area contributed by atoms with Crippen molar-refractivity contribution < 1.29 is 9.90 Å². The van der Waals surface area contributed by atoms with Crippen molar-refractivity contribution in [1.82, 2.24) is 5.32 Å². The highest BCUT2D eigenvalue weighted by molar-refractivity contribution is 6.34. The Morgan fingerprint density at radius 2 is 2.00 bits per heavy atom. The van der Waals surface area contributed by atoms with Gasteiger partial charge in [-0.15, -0.1) is 0 Å². The van der Waals surface area contributed by atoms with Gasteiger partial charge in [0.25, 0.3) is 0 Å². The monoisotopic (exact) mass is 287 g/mol. The normalized spacial score (nSPS) is 12.7. The molecule has 0 aliphatic heterocycles. The number of aliphatic hydroxyl groups is 1. The van der Waals surface area contributed by atoms with Gasteiger partial charge in [-0.05, 0) is 36.3 Å². The van der Waals surface area contributed by atoms with Gasteiger partial charge >= 0.3 is 0 Å². The third-order valence-electron chi connectivity index (χ3n) is 2.30. The molecule has 0 aliphatic carbocycles. The predicted octanol–water partition coefficient (Wildman–Crippen LogP) is 2.89. The Hall–Kier alpha value is -1.03. The number of nitrogens with one attached hydrogen (secondary N) is 1. The molecule has 1 aromatic rings. The van der Waals surface area contributed by atoms with E-state index in [4.69, 9.17) is 23.2 Å². The molecule has 1 unspecified atom stereocenters. The Labute approximate surface area is 116 Å². The summed E-state index contributed by atoms with van der Waals surface area (Å²) in [6.45, 7) is 2.09. The van der Waals surface area contributed by atoms with E-state index in [1.807, 2.05) is 6.92 Å². The molecule has 0 fully saturated rings. The van der Waals surface area contributed by atoms with Crippen molar-refractivity contribution in [3.63, 3.8) is 0 Å². The van der Waals surface area contributed by atoms with Gasteiger partial charge in [0.15, 0.2) is 0 Å². The smallest absolute Gasteiger partial charge is 0.244 e. The van der Waals surface area contributed by atoms with E-state index in [0.717, 1.165) is 5.56 Å². The zero-order valence-electron chi connectivity index (χ0n) is 9.99. The molecule has 0 bridgehead atoms. The summed E-state index contributed by atoms with van der Waals surface area (Å²) in [5.74, 6) is -0.265. The summed E-state index contributed by atoms with van der Waals surface area (Å²) in [5.41, 5.74) is 0.749. The van der Waals surface area contributed by atoms with Crippen molar-refractivity contribution >= 4 is 35.2 Å². The van der Waals surface area contributed by atoms with Crippen LogP contribution in [0.4, 0.5) is 0 Å². The van der Waals surface area contributed by atoms with Crippen molar-refractivity contribution in [1.29, 1.82) is 0 Å². The third kappa shape index (κ3) is 5.54. The summed E-state index contributed by atoms with van der Waals surface area (Å²) in [5, 5.41) is 12.9. The summed E-state index contributed by atoms with van der Waals surface area (Å²) < 4.78 is 0. The molecular formula is C13H15Cl2NO2. The summed E-state index contributed by atoms with van der Waals surface area (Å²) in [4.78, 5) is 11.4. The average molecular weight is 288 g/mol. The topological polar surface area (TPSA) is 49.3 Å². The highest BCUT2D eigenvalue weighted by Gasteiger charge is 2.02. The zero-order chi connectivity index (χ0) is 13.5. The fourth-order valence-corrected chi connectivity index (χ4v) is 1.81. The molecule has 5 heteroatoms. The van der Waals surface area contributed by atoms with Crippen LogP contribution in [0, 0.1) is 0 Å². The second kappa shape index (κ2) is 7.41. The lowest BCUT2D eigenvalue weighted by molar-refractivity contribution is -0.116. The molecular weight excluding hydrogens is 273 g/mol. The molecule has 0 heterocycles. The fraction of sp³-hybridized carbons (Fsp3) is 0.308. The van der Waals surface area contributed by atoms with Crippen LogP contribution in [0.25, 0.3) is 6.08 Å². The van der Waals surface area contributed by atoms with Gasteiger partial charge in [-0.1, -0.05) is 30.1 Å². The molecule has 1 atom stereocenters. The SMILES string of the molecule is CCC(O)CNC(=O)/C=C/c1cc(Cl)cc(Cl)c1. The molecule has 0 radical (unpaired) electrons. The molecule has 0 aromatic heterocycles. The predicted molar refractivity (Wildman–Crippen MR) is 74.8 cm³/mol. The molecule has 98 valence electrons. The van der Waals surface area contributed by atoms with E-state index in [0.29, 0.717) is 16.5 Å². The number of aliphatic hydroxyl groups excluding tert-OH is 1. The van der Waals surface area contributed by atoms with E-state index in [-0.39, 0.29) is 12.5 Å². The van der Waals surface area contributed by atoms with Gasteiger partial charge in [-0.25, -0.2) is 0 Å². The van der Waals surface area contributed by atoms with Crippen molar-refractivity contribution in [2.75, 3.05) is 6.54 Å². The van der Waals surface area contributed by atoms with Crippen LogP contribution in [0.3, 0.4) is 0 Å². The highest BCUT2D eigenvalue weighted by Crippen LogP contribution is 2.19. The summed E-state index contributed by atoms with van der Waals surface area (Å²) >= 11 is 11.7. The largest absolute Gasteiger partial charge is 0.391 e. The summed E-state index contributed by atoms with van der Waals surface area (Å²) in [7, 11) is 0. The number of hydrogen-bond donors (Lipinski definition) is 2. The number of carbonyl (C=O) groups excluding carboxylic acids is 1. The summed E-state index contributed by atoms with van der Waals surface area (Å²) in [6, 6.07) is 5.04. The maximum Gasteiger partial charge on any atom is 0.244 e. The van der Waals surface area contributed by atoms with Gasteiger partial charge < -0.3 is 10.4 Å². The maximum atomic E-state index is 11.4. The van der Waals surface area contributed by atoms with Crippen LogP contribution in [-0.4, -0.2) is 23.7 Å². The molecule has 1 aromatic carbocycles. The number of amides is 1. The van der Waals surface area contributed by atoms with E-state index in [1.165, 1.54) is 6.08 Å². The standard InChI is InChI=1S/C13H15Cl2NO2/c1-2-12(17)8-16-13(18)4-3-9-5-10(14)7-11(15)6-9/h3-7,12,17H,2,8H2,1H3,(H,16,18)/b4-3+. The minimum atomic E-state index is -0.511. The van der Waals surface area contributed by atoms with Crippen molar-refractivity contribution in [3.05, 3.63) is 39.9 Å². The van der Waals surface area contributed by atoms with Crippen molar-refractivity contribution in [2.45, 2.75) is 19.4 Å². The Morgan fingerprint density at radius 3 is 2.56 bits per heavy atom. The van der Waals surface area contributed by atoms with Crippen LogP contribution in [-0.2, 0) is 4.79 Å². The van der Waals surface area contributed by atoms with E-state index < -0.39 is 6.10 Å². The third-order valence-corrected chi connectivity index (χ3v) is 2.73. The van der Waals surface area contributed by atoms with Crippen molar-refractivity contribution in [2.24, 2.45) is 0 Å². The molecule has 0 spiro atoms. The molecule has 1 rings (SSSR count). The first kappa shape index (κ1) is 15.0. The molecule has 18 heavy (non-hydrogen) atoms. The Morgan fingerprint density at radius 1 is 1.39 bits per heavy atom. The van der Waals surface area contributed by atoms with E-state index in [9.17, 15) is 9.90 Å². The van der Waals surface area contributed by atoms with Crippen LogP contribution >= 0.6 is 23.2 Å². The van der Waals surface area contributed by atoms with Gasteiger partial charge in [0.1, 0.15) is 0 Å². The highest BCUT2D eigenvalue weighted by atomic mass is 35.5. The minimum absolute atomic E-state index is 0.246. The van der Waals surface area contributed by atoms with E-state index in [2.05, 4.69) is 5.32 Å². The average Bonchev–Trinajstić information content (AvgIpc) is 2.32. The lowest BCUT2D eigenvalue weighted by atomic mass is 10.2. The van der Waals surface area contributed by atoms with Gasteiger partial charge in [0, 0.05) is 22.7 Å². The van der Waals surface area contributed by atoms with Crippen LogP contribution < -0.4 is 5.32 Å². The zero-order valence-corrected chi connectivity index (χ0v) is 11.5. The fourth-order valence-electron chi connectivity index (χ4n) is 1.26. The lowest BCUT2D eigenvalue weighted by Crippen LogP contribution is -2.30. The van der Waals surface area contributed by atoms with Gasteiger partial charge in [-0.2, -0.15) is 0 Å². The number of benzene rings is 1. The second-order valence-corrected chi connectivity index (χ2v) is 4.72. The number of carbonyl (C=O) groups is 1. The molecule has 0 aliphatic rings. The van der Waals surface area contributed by atoms with Gasteiger partial charge in [0.2, 0.25) is 5.91 Å². The quantitative estimate of drug-likeness (QED) is 0.818. The Balaban J connectivity index is 2.55. The lowest BCUT2D eigenvalue weighted by Gasteiger charge is -2.07. The first-order valence-electron chi connectivity index (χ1n) is 5.61. The van der Waals surface area contributed by atoms with Gasteiger partial charge in [-0.3, -0.25) is 4.79 Å².